The molecule has 0 fully saturated rings. The van der Waals surface area contributed by atoms with Crippen LogP contribution in [-0.4, -0.2) is 9.97 Å². The Morgan fingerprint density at radius 1 is 0.379 bits per heavy atom. The first-order chi connectivity index (χ1) is 28.7. The quantitative estimate of drug-likeness (QED) is 0.175. The molecular weight excluding hydrogens is 723 g/mol. The van der Waals surface area contributed by atoms with E-state index in [0.717, 1.165) is 50.3 Å². The monoisotopic (exact) mass is 755 g/mol. The van der Waals surface area contributed by atoms with Crippen molar-refractivity contribution in [3.63, 3.8) is 0 Å². The second kappa shape index (κ2) is 13.7. The fraction of sp³-hybridized carbons (Fsp3) is 0.0185. The Labute approximate surface area is 342 Å². The molecule has 8 aromatic carbocycles. The first-order valence-corrected chi connectivity index (χ1v) is 20.3. The van der Waals surface area contributed by atoms with E-state index in [9.17, 15) is 5.26 Å². The third-order valence-electron chi connectivity index (χ3n) is 11.6. The van der Waals surface area contributed by atoms with Gasteiger partial charge in [0.15, 0.2) is 5.82 Å². The summed E-state index contributed by atoms with van der Waals surface area (Å²) in [7, 11) is 0. The van der Waals surface area contributed by atoms with Gasteiger partial charge in [0, 0.05) is 26.5 Å². The van der Waals surface area contributed by atoms with Crippen molar-refractivity contribution in [3.05, 3.63) is 228 Å². The molecule has 58 heavy (non-hydrogen) atoms. The topological polar surface area (TPSA) is 49.6 Å². The molecule has 4 heteroatoms. The second-order valence-corrected chi connectivity index (χ2v) is 15.9. The van der Waals surface area contributed by atoms with Crippen molar-refractivity contribution in [3.8, 4) is 73.4 Å². The minimum atomic E-state index is -0.605. The third-order valence-corrected chi connectivity index (χ3v) is 12.7. The number of hydrogen-bond donors (Lipinski definition) is 0. The molecule has 0 radical (unpaired) electrons. The molecule has 11 rings (SSSR count). The number of nitrogens with zero attached hydrogens (tertiary/aromatic N) is 3. The first-order valence-electron chi connectivity index (χ1n) is 19.4. The zero-order valence-corrected chi connectivity index (χ0v) is 32.1. The summed E-state index contributed by atoms with van der Waals surface area (Å²) in [5.74, 6) is 0.678. The molecule has 0 unspecified atom stereocenters. The van der Waals surface area contributed by atoms with Crippen molar-refractivity contribution in [2.24, 2.45) is 0 Å². The van der Waals surface area contributed by atoms with Gasteiger partial charge in [-0.3, -0.25) is 0 Å². The van der Waals surface area contributed by atoms with Crippen molar-refractivity contribution in [1.29, 1.82) is 5.26 Å². The summed E-state index contributed by atoms with van der Waals surface area (Å²) in [6.07, 6.45) is 0. The van der Waals surface area contributed by atoms with E-state index >= 15 is 0 Å². The lowest BCUT2D eigenvalue weighted by Crippen LogP contribution is -2.32. The number of fused-ring (bicyclic) bond motifs is 9. The molecule has 3 nitrogen and oxygen atoms in total. The lowest BCUT2D eigenvalue weighted by molar-refractivity contribution is 0.723. The fourth-order valence-corrected chi connectivity index (χ4v) is 10.1. The Balaban J connectivity index is 1.15. The Hall–Kier alpha value is -7.32. The molecule has 2 aliphatic rings. The zero-order chi connectivity index (χ0) is 38.6. The van der Waals surface area contributed by atoms with Gasteiger partial charge in [-0.1, -0.05) is 163 Å². The van der Waals surface area contributed by atoms with Crippen LogP contribution in [-0.2, 0) is 5.41 Å². The highest BCUT2D eigenvalue weighted by Crippen LogP contribution is 2.62. The van der Waals surface area contributed by atoms with Gasteiger partial charge < -0.3 is 0 Å². The van der Waals surface area contributed by atoms with Crippen LogP contribution in [0.5, 0.6) is 0 Å². The van der Waals surface area contributed by atoms with E-state index in [0.29, 0.717) is 11.4 Å². The summed E-state index contributed by atoms with van der Waals surface area (Å²) in [6, 6.07) is 73.2. The lowest BCUT2D eigenvalue weighted by atomic mass is 9.66. The largest absolute Gasteiger partial charge is 0.228 e. The molecule has 2 heterocycles. The van der Waals surface area contributed by atoms with Crippen LogP contribution in [0.25, 0.3) is 67.3 Å². The van der Waals surface area contributed by atoms with Gasteiger partial charge in [-0.2, -0.15) is 5.26 Å². The number of rotatable bonds is 5. The van der Waals surface area contributed by atoms with Crippen molar-refractivity contribution >= 4 is 11.8 Å². The van der Waals surface area contributed by atoms with E-state index in [1.807, 2.05) is 42.1 Å². The minimum Gasteiger partial charge on any atom is -0.228 e. The molecule has 0 saturated carbocycles. The molecule has 0 N–H and O–H groups in total. The summed E-state index contributed by atoms with van der Waals surface area (Å²) in [5, 5.41) is 9.78. The molecule has 0 amide bonds. The molecule has 0 saturated heterocycles. The Morgan fingerprint density at radius 3 is 1.55 bits per heavy atom. The van der Waals surface area contributed by atoms with Gasteiger partial charge >= 0.3 is 0 Å². The van der Waals surface area contributed by atoms with E-state index in [4.69, 9.17) is 9.97 Å². The van der Waals surface area contributed by atoms with Crippen LogP contribution >= 0.6 is 11.8 Å². The molecule has 1 aromatic heterocycles. The van der Waals surface area contributed by atoms with Crippen LogP contribution in [0.15, 0.2) is 210 Å². The van der Waals surface area contributed by atoms with Crippen LogP contribution in [0.4, 0.5) is 0 Å². The van der Waals surface area contributed by atoms with Gasteiger partial charge in [0.1, 0.15) is 0 Å². The standard InChI is InChI=1S/C54H33N3S/c55-34-35-13-11-18-38(29-35)40-25-27-51-47(31-40)54(45-23-9-7-21-43(45)44-22-8-10-24-46(44)54)48-32-42(26-28-52(48)58-51)53-56-49(37-16-5-2-6-17-37)33-50(57-53)41-20-12-19-39(30-41)36-14-3-1-4-15-36/h1-33H. The highest BCUT2D eigenvalue weighted by atomic mass is 32.2. The maximum Gasteiger partial charge on any atom is 0.160 e. The number of hydrogen-bond acceptors (Lipinski definition) is 4. The van der Waals surface area contributed by atoms with E-state index in [1.165, 1.54) is 43.2 Å². The van der Waals surface area contributed by atoms with Gasteiger partial charge in [0.25, 0.3) is 0 Å². The Morgan fingerprint density at radius 2 is 0.879 bits per heavy atom. The maximum atomic E-state index is 9.78. The predicted molar refractivity (Wildman–Crippen MR) is 235 cm³/mol. The highest BCUT2D eigenvalue weighted by Gasteiger charge is 2.50. The van der Waals surface area contributed by atoms with Gasteiger partial charge in [0.05, 0.1) is 28.4 Å². The molecule has 1 spiro atoms. The first kappa shape index (κ1) is 34.0. The Bertz CT molecular complexity index is 3060. The van der Waals surface area contributed by atoms with Crippen molar-refractivity contribution in [2.75, 3.05) is 0 Å². The highest BCUT2D eigenvalue weighted by molar-refractivity contribution is 7.99. The lowest BCUT2D eigenvalue weighted by Gasteiger charge is -2.40. The summed E-state index contributed by atoms with van der Waals surface area (Å²) >= 11 is 1.81. The van der Waals surface area contributed by atoms with Gasteiger partial charge in [-0.15, -0.1) is 0 Å². The second-order valence-electron chi connectivity index (χ2n) is 14.8. The van der Waals surface area contributed by atoms with Crippen LogP contribution in [0, 0.1) is 11.3 Å². The molecule has 9 aromatic rings. The maximum absolute atomic E-state index is 9.78. The molecule has 0 bridgehead atoms. The minimum absolute atomic E-state index is 0.605. The average molecular weight is 756 g/mol. The summed E-state index contributed by atoms with van der Waals surface area (Å²) < 4.78 is 0. The number of nitriles is 1. The van der Waals surface area contributed by atoms with Crippen LogP contribution in [0.3, 0.4) is 0 Å². The zero-order valence-electron chi connectivity index (χ0n) is 31.3. The predicted octanol–water partition coefficient (Wildman–Crippen LogP) is 13.5. The van der Waals surface area contributed by atoms with Crippen molar-refractivity contribution in [2.45, 2.75) is 15.2 Å². The van der Waals surface area contributed by atoms with E-state index in [-0.39, 0.29) is 0 Å². The molecule has 270 valence electrons. The number of benzene rings is 8. The summed E-state index contributed by atoms with van der Waals surface area (Å²) in [4.78, 5) is 13.1. The number of aromatic nitrogens is 2. The van der Waals surface area contributed by atoms with E-state index in [2.05, 4.69) is 176 Å². The van der Waals surface area contributed by atoms with E-state index in [1.54, 1.807) is 0 Å². The average Bonchev–Trinajstić information content (AvgIpc) is 3.60. The van der Waals surface area contributed by atoms with Gasteiger partial charge in [0.2, 0.25) is 0 Å². The Kier molecular flexibility index (Phi) is 8.03. The van der Waals surface area contributed by atoms with Crippen molar-refractivity contribution < 1.29 is 0 Å². The van der Waals surface area contributed by atoms with Crippen LogP contribution in [0.2, 0.25) is 0 Å². The SMILES string of the molecule is N#Cc1cccc(-c2ccc3c(c2)C2(c4cc(-c5nc(-c6ccccc6)cc(-c6cccc(-c7ccccc7)c6)n5)ccc4S3)c3ccccc3-c3ccccc32)c1. The van der Waals surface area contributed by atoms with Crippen molar-refractivity contribution in [1.82, 2.24) is 9.97 Å². The fourth-order valence-electron chi connectivity index (χ4n) is 8.96. The summed E-state index contributed by atoms with van der Waals surface area (Å²) in [5.41, 5.74) is 16.7. The molecule has 0 atom stereocenters. The van der Waals surface area contributed by atoms with Gasteiger partial charge in [-0.05, 0) is 104 Å². The molecule has 1 aliphatic carbocycles. The van der Waals surface area contributed by atoms with Gasteiger partial charge in [-0.25, -0.2) is 9.97 Å². The normalized spacial score (nSPS) is 12.9. The smallest absolute Gasteiger partial charge is 0.160 e. The molecule has 1 aliphatic heterocycles. The van der Waals surface area contributed by atoms with E-state index < -0.39 is 5.41 Å². The summed E-state index contributed by atoms with van der Waals surface area (Å²) in [6.45, 7) is 0. The molecular formula is C54H33N3S. The van der Waals surface area contributed by atoms with Crippen LogP contribution < -0.4 is 0 Å². The van der Waals surface area contributed by atoms with Crippen LogP contribution in [0.1, 0.15) is 27.8 Å². The third kappa shape index (κ3) is 5.44.